The lowest BCUT2D eigenvalue weighted by Gasteiger charge is -2.30. The molecule has 0 spiro atoms. The molecule has 0 radical (unpaired) electrons. The molecule has 1 fully saturated rings. The van der Waals surface area contributed by atoms with Crippen LogP contribution >= 0.6 is 11.8 Å². The van der Waals surface area contributed by atoms with E-state index in [1.807, 2.05) is 4.90 Å². The molecule has 1 amide bonds. The maximum Gasteiger partial charge on any atom is 0.313 e. The topological polar surface area (TPSA) is 60.9 Å². The molecule has 0 saturated carbocycles. The van der Waals surface area contributed by atoms with Crippen molar-refractivity contribution < 1.29 is 14.7 Å². The summed E-state index contributed by atoms with van der Waals surface area (Å²) in [4.78, 5) is 26.7. The van der Waals surface area contributed by atoms with Crippen molar-refractivity contribution in [2.45, 2.75) is 25.8 Å². The van der Waals surface area contributed by atoms with E-state index in [1.165, 1.54) is 11.8 Å². The molecule has 1 N–H and O–H groups in total. The monoisotopic (exact) mass is 274 g/mol. The molecule has 0 aliphatic carbocycles. The number of thioether (sulfide) groups is 1. The summed E-state index contributed by atoms with van der Waals surface area (Å²) in [7, 11) is 2.08. The zero-order valence-corrected chi connectivity index (χ0v) is 11.9. The minimum absolute atomic E-state index is 0.00370. The highest BCUT2D eigenvalue weighted by atomic mass is 32.2. The normalized spacial score (nSPS) is 21.7. The number of carboxylic acid groups (broad SMARTS) is 1. The second kappa shape index (κ2) is 7.63. The fourth-order valence-electron chi connectivity index (χ4n) is 2.23. The zero-order valence-electron chi connectivity index (χ0n) is 11.1. The van der Waals surface area contributed by atoms with Gasteiger partial charge in [-0.3, -0.25) is 9.59 Å². The third-order valence-electron chi connectivity index (χ3n) is 3.14. The number of hydrogen-bond acceptors (Lipinski definition) is 4. The summed E-state index contributed by atoms with van der Waals surface area (Å²) in [5, 5.41) is 8.56. The van der Waals surface area contributed by atoms with Crippen LogP contribution in [0.15, 0.2) is 0 Å². The summed E-state index contributed by atoms with van der Waals surface area (Å²) < 4.78 is 0. The first-order chi connectivity index (χ1) is 8.54. The third-order valence-corrected chi connectivity index (χ3v) is 4.05. The molecule has 0 aromatic carbocycles. The lowest BCUT2D eigenvalue weighted by atomic mass is 10.2. The van der Waals surface area contributed by atoms with Crippen LogP contribution in [-0.4, -0.2) is 71.0 Å². The van der Waals surface area contributed by atoms with E-state index in [1.54, 1.807) is 0 Å². The summed E-state index contributed by atoms with van der Waals surface area (Å²) in [6.07, 6.45) is 1.93. The Morgan fingerprint density at radius 2 is 2.06 bits per heavy atom. The average molecular weight is 274 g/mol. The van der Waals surface area contributed by atoms with Gasteiger partial charge in [-0.05, 0) is 26.4 Å². The van der Waals surface area contributed by atoms with Gasteiger partial charge in [0, 0.05) is 19.1 Å². The predicted molar refractivity (Wildman–Crippen MR) is 72.9 cm³/mol. The van der Waals surface area contributed by atoms with Gasteiger partial charge >= 0.3 is 5.97 Å². The number of carbonyl (C=O) groups is 2. The lowest BCUT2D eigenvalue weighted by molar-refractivity contribution is -0.133. The lowest BCUT2D eigenvalue weighted by Crippen LogP contribution is -2.44. The number of hydrogen-bond donors (Lipinski definition) is 1. The SMILES string of the molecule is CCC1CN(C)CCCN1C(=O)CSCC(=O)O. The quantitative estimate of drug-likeness (QED) is 0.801. The molecule has 5 nitrogen and oxygen atoms in total. The predicted octanol–water partition coefficient (Wildman–Crippen LogP) is 0.747. The van der Waals surface area contributed by atoms with Crippen LogP contribution in [0.1, 0.15) is 19.8 Å². The molecule has 0 aromatic heterocycles. The van der Waals surface area contributed by atoms with Gasteiger partial charge in [-0.25, -0.2) is 0 Å². The summed E-state index contributed by atoms with van der Waals surface area (Å²) >= 11 is 1.18. The highest BCUT2D eigenvalue weighted by Gasteiger charge is 2.25. The minimum Gasteiger partial charge on any atom is -0.481 e. The van der Waals surface area contributed by atoms with Crippen LogP contribution in [0.2, 0.25) is 0 Å². The molecular weight excluding hydrogens is 252 g/mol. The van der Waals surface area contributed by atoms with Crippen LogP contribution in [0.3, 0.4) is 0 Å². The van der Waals surface area contributed by atoms with Crippen molar-refractivity contribution in [3.8, 4) is 0 Å². The molecule has 0 bridgehead atoms. The minimum atomic E-state index is -0.865. The van der Waals surface area contributed by atoms with Crippen molar-refractivity contribution in [1.82, 2.24) is 9.80 Å². The van der Waals surface area contributed by atoms with Gasteiger partial charge in [0.15, 0.2) is 0 Å². The smallest absolute Gasteiger partial charge is 0.313 e. The van der Waals surface area contributed by atoms with Gasteiger partial charge in [0.05, 0.1) is 11.5 Å². The number of likely N-dealkylation sites (N-methyl/N-ethyl adjacent to an activating group) is 1. The van der Waals surface area contributed by atoms with E-state index < -0.39 is 5.97 Å². The van der Waals surface area contributed by atoms with Crippen molar-refractivity contribution in [2.75, 3.05) is 38.2 Å². The van der Waals surface area contributed by atoms with Gasteiger partial charge in [0.2, 0.25) is 5.91 Å². The largest absolute Gasteiger partial charge is 0.481 e. The number of carboxylic acids is 1. The third kappa shape index (κ3) is 4.86. The highest BCUT2D eigenvalue weighted by molar-refractivity contribution is 8.00. The summed E-state index contributed by atoms with van der Waals surface area (Å²) in [5.41, 5.74) is 0. The standard InChI is InChI=1S/C12H22N2O3S/c1-3-10-7-13(2)5-4-6-14(10)11(15)8-18-9-12(16)17/h10H,3-9H2,1-2H3,(H,16,17). The maximum atomic E-state index is 12.1. The molecular formula is C12H22N2O3S. The zero-order chi connectivity index (χ0) is 13.5. The molecule has 1 unspecified atom stereocenters. The summed E-state index contributed by atoms with van der Waals surface area (Å²) in [5.74, 6) is -0.526. The Labute approximate surface area is 113 Å². The Kier molecular flexibility index (Phi) is 6.49. The molecule has 1 aliphatic heterocycles. The number of carbonyl (C=O) groups excluding carboxylic acids is 1. The average Bonchev–Trinajstić information content (AvgIpc) is 2.49. The number of amides is 1. The number of nitrogens with zero attached hydrogens (tertiary/aromatic N) is 2. The highest BCUT2D eigenvalue weighted by Crippen LogP contribution is 2.14. The van der Waals surface area contributed by atoms with Crippen LogP contribution < -0.4 is 0 Å². The van der Waals surface area contributed by atoms with Crippen LogP contribution in [-0.2, 0) is 9.59 Å². The van der Waals surface area contributed by atoms with E-state index in [-0.39, 0.29) is 23.5 Å². The van der Waals surface area contributed by atoms with Gasteiger partial charge in [0.1, 0.15) is 0 Å². The Morgan fingerprint density at radius 1 is 1.33 bits per heavy atom. The number of aliphatic carboxylic acids is 1. The Balaban J connectivity index is 2.49. The fraction of sp³-hybridized carbons (Fsp3) is 0.833. The maximum absolute atomic E-state index is 12.1. The molecule has 1 saturated heterocycles. The van der Waals surface area contributed by atoms with Crippen molar-refractivity contribution in [2.24, 2.45) is 0 Å². The van der Waals surface area contributed by atoms with Crippen molar-refractivity contribution in [3.05, 3.63) is 0 Å². The molecule has 0 aromatic rings. The van der Waals surface area contributed by atoms with Crippen LogP contribution in [0.25, 0.3) is 0 Å². The Bertz CT molecular complexity index is 299. The first-order valence-electron chi connectivity index (χ1n) is 6.32. The Morgan fingerprint density at radius 3 is 2.67 bits per heavy atom. The van der Waals surface area contributed by atoms with Gasteiger partial charge in [0.25, 0.3) is 0 Å². The van der Waals surface area contributed by atoms with Gasteiger partial charge in [-0.15, -0.1) is 11.8 Å². The van der Waals surface area contributed by atoms with E-state index in [0.717, 1.165) is 32.5 Å². The summed E-state index contributed by atoms with van der Waals surface area (Å²) in [6.45, 7) is 4.80. The molecule has 1 atom stereocenters. The first-order valence-corrected chi connectivity index (χ1v) is 7.47. The fourth-order valence-corrected chi connectivity index (χ4v) is 2.85. The number of rotatable bonds is 5. The Hall–Kier alpha value is -0.750. The molecule has 6 heteroatoms. The van der Waals surface area contributed by atoms with E-state index >= 15 is 0 Å². The van der Waals surface area contributed by atoms with Crippen LogP contribution in [0, 0.1) is 0 Å². The summed E-state index contributed by atoms with van der Waals surface area (Å²) in [6, 6.07) is 0.260. The van der Waals surface area contributed by atoms with E-state index in [0.29, 0.717) is 0 Å². The van der Waals surface area contributed by atoms with Crippen LogP contribution in [0.4, 0.5) is 0 Å². The van der Waals surface area contributed by atoms with Gasteiger partial charge in [-0.2, -0.15) is 0 Å². The van der Waals surface area contributed by atoms with Crippen molar-refractivity contribution >= 4 is 23.6 Å². The van der Waals surface area contributed by atoms with E-state index in [9.17, 15) is 9.59 Å². The second-order valence-electron chi connectivity index (χ2n) is 4.65. The first kappa shape index (κ1) is 15.3. The van der Waals surface area contributed by atoms with Gasteiger partial charge in [-0.1, -0.05) is 6.92 Å². The molecule has 1 aliphatic rings. The van der Waals surface area contributed by atoms with E-state index in [4.69, 9.17) is 5.11 Å². The molecule has 1 rings (SSSR count). The van der Waals surface area contributed by atoms with Crippen molar-refractivity contribution in [3.63, 3.8) is 0 Å². The molecule has 1 heterocycles. The van der Waals surface area contributed by atoms with Crippen molar-refractivity contribution in [1.29, 1.82) is 0 Å². The molecule has 104 valence electrons. The van der Waals surface area contributed by atoms with E-state index in [2.05, 4.69) is 18.9 Å². The second-order valence-corrected chi connectivity index (χ2v) is 5.64. The molecule has 18 heavy (non-hydrogen) atoms. The van der Waals surface area contributed by atoms with Crippen LogP contribution in [0.5, 0.6) is 0 Å². The van der Waals surface area contributed by atoms with Gasteiger partial charge < -0.3 is 14.9 Å².